The molecule has 33 heavy (non-hydrogen) atoms. The molecular formula is C25H42O8. The highest BCUT2D eigenvalue weighted by Crippen LogP contribution is 2.40. The number of carbonyl (C=O) groups excluding carboxylic acids is 3. The average molecular weight is 471 g/mol. The summed E-state index contributed by atoms with van der Waals surface area (Å²) in [6.45, 7) is 6.77. The van der Waals surface area contributed by atoms with Crippen molar-refractivity contribution in [2.45, 2.75) is 91.4 Å². The van der Waals surface area contributed by atoms with Crippen LogP contribution in [0.5, 0.6) is 0 Å². The van der Waals surface area contributed by atoms with E-state index in [1.165, 1.54) is 0 Å². The highest BCUT2D eigenvalue weighted by Gasteiger charge is 2.50. The number of ether oxygens (including phenoxy) is 3. The molecule has 0 spiro atoms. The average Bonchev–Trinajstić information content (AvgIpc) is 2.81. The van der Waals surface area contributed by atoms with Gasteiger partial charge in [0.1, 0.15) is 0 Å². The first-order chi connectivity index (χ1) is 15.9. The molecule has 0 aromatic heterocycles. The SMILES string of the molecule is CCCCCOC(=O)C1CC(C(=O)OCCCCC)C(C(=O)OCCCCC)CC1C(=O)O. The van der Waals surface area contributed by atoms with Gasteiger partial charge in [-0.3, -0.25) is 19.2 Å². The molecule has 1 aliphatic rings. The minimum atomic E-state index is -1.18. The molecule has 1 N–H and O–H groups in total. The summed E-state index contributed by atoms with van der Waals surface area (Å²) in [5, 5.41) is 9.76. The molecule has 0 radical (unpaired) electrons. The van der Waals surface area contributed by atoms with Gasteiger partial charge in [-0.25, -0.2) is 0 Å². The topological polar surface area (TPSA) is 116 Å². The normalized spacial score (nSPS) is 22.4. The molecule has 8 heteroatoms. The maximum absolute atomic E-state index is 12.9. The van der Waals surface area contributed by atoms with Gasteiger partial charge in [0.2, 0.25) is 0 Å². The van der Waals surface area contributed by atoms with Crippen LogP contribution in [0, 0.1) is 23.7 Å². The van der Waals surface area contributed by atoms with Gasteiger partial charge in [-0.05, 0) is 32.1 Å². The summed E-state index contributed by atoms with van der Waals surface area (Å²) in [6.07, 6.45) is 7.50. The molecule has 0 amide bonds. The second kappa shape index (κ2) is 16.5. The summed E-state index contributed by atoms with van der Waals surface area (Å²) >= 11 is 0. The largest absolute Gasteiger partial charge is 0.481 e. The van der Waals surface area contributed by atoms with Crippen LogP contribution in [-0.2, 0) is 33.4 Å². The molecule has 1 saturated carbocycles. The smallest absolute Gasteiger partial charge is 0.309 e. The van der Waals surface area contributed by atoms with Crippen LogP contribution < -0.4 is 0 Å². The van der Waals surface area contributed by atoms with E-state index >= 15 is 0 Å². The molecule has 1 aliphatic carbocycles. The molecule has 190 valence electrons. The van der Waals surface area contributed by atoms with E-state index in [0.29, 0.717) is 19.3 Å². The lowest BCUT2D eigenvalue weighted by Gasteiger charge is -2.36. The number of rotatable bonds is 16. The molecule has 4 unspecified atom stereocenters. The molecule has 0 aliphatic heterocycles. The minimum Gasteiger partial charge on any atom is -0.481 e. The first-order valence-electron chi connectivity index (χ1n) is 12.6. The number of carbonyl (C=O) groups is 4. The van der Waals surface area contributed by atoms with Crippen LogP contribution >= 0.6 is 0 Å². The number of carboxylic acid groups (broad SMARTS) is 1. The Morgan fingerprint density at radius 3 is 1.18 bits per heavy atom. The van der Waals surface area contributed by atoms with Crippen molar-refractivity contribution in [1.29, 1.82) is 0 Å². The maximum Gasteiger partial charge on any atom is 0.309 e. The lowest BCUT2D eigenvalue weighted by molar-refractivity contribution is -0.174. The molecule has 0 saturated heterocycles. The van der Waals surface area contributed by atoms with E-state index in [2.05, 4.69) is 0 Å². The highest BCUT2D eigenvalue weighted by molar-refractivity contribution is 5.87. The zero-order chi connectivity index (χ0) is 24.6. The Hall–Kier alpha value is -2.12. The molecule has 4 atom stereocenters. The van der Waals surface area contributed by atoms with Crippen molar-refractivity contribution in [3.8, 4) is 0 Å². The number of hydrogen-bond donors (Lipinski definition) is 1. The van der Waals surface area contributed by atoms with Crippen molar-refractivity contribution in [2.24, 2.45) is 23.7 Å². The molecule has 1 rings (SSSR count). The predicted octanol–water partition coefficient (Wildman–Crippen LogP) is 4.53. The lowest BCUT2D eigenvalue weighted by Crippen LogP contribution is -2.46. The van der Waals surface area contributed by atoms with E-state index in [4.69, 9.17) is 14.2 Å². The first-order valence-corrected chi connectivity index (χ1v) is 12.6. The number of carboxylic acids is 1. The second-order valence-electron chi connectivity index (χ2n) is 8.86. The molecule has 0 bridgehead atoms. The molecule has 0 heterocycles. The summed E-state index contributed by atoms with van der Waals surface area (Å²) in [5.41, 5.74) is 0. The van der Waals surface area contributed by atoms with Crippen molar-refractivity contribution >= 4 is 23.9 Å². The summed E-state index contributed by atoms with van der Waals surface area (Å²) < 4.78 is 16.1. The van der Waals surface area contributed by atoms with E-state index in [9.17, 15) is 24.3 Å². The quantitative estimate of drug-likeness (QED) is 0.199. The Bertz CT molecular complexity index is 618. The standard InChI is InChI=1S/C25H42O8/c1-4-7-10-13-31-23(28)19-17-21(25(30)33-15-12-9-6-3)20(16-18(19)22(26)27)24(29)32-14-11-8-5-2/h18-21H,4-17H2,1-3H3,(H,26,27). The fraction of sp³-hybridized carbons (Fsp3) is 0.840. The van der Waals surface area contributed by atoms with Crippen LogP contribution in [0.15, 0.2) is 0 Å². The van der Waals surface area contributed by atoms with Crippen LogP contribution in [-0.4, -0.2) is 48.8 Å². The van der Waals surface area contributed by atoms with Gasteiger partial charge in [-0.15, -0.1) is 0 Å². The third-order valence-electron chi connectivity index (χ3n) is 6.19. The van der Waals surface area contributed by atoms with Gasteiger partial charge in [0, 0.05) is 0 Å². The van der Waals surface area contributed by atoms with E-state index in [0.717, 1.165) is 38.5 Å². The lowest BCUT2D eigenvalue weighted by atomic mass is 9.68. The maximum atomic E-state index is 12.9. The number of aliphatic carboxylic acids is 1. The molecule has 1 fully saturated rings. The van der Waals surface area contributed by atoms with Crippen LogP contribution in [0.2, 0.25) is 0 Å². The highest BCUT2D eigenvalue weighted by atomic mass is 16.5. The van der Waals surface area contributed by atoms with E-state index in [1.807, 2.05) is 20.8 Å². The van der Waals surface area contributed by atoms with Gasteiger partial charge in [-0.2, -0.15) is 0 Å². The van der Waals surface area contributed by atoms with Crippen LogP contribution in [0.1, 0.15) is 91.4 Å². The number of hydrogen-bond acceptors (Lipinski definition) is 7. The van der Waals surface area contributed by atoms with Gasteiger partial charge in [0.05, 0.1) is 43.5 Å². The van der Waals surface area contributed by atoms with Gasteiger partial charge < -0.3 is 19.3 Å². The van der Waals surface area contributed by atoms with Crippen molar-refractivity contribution in [3.63, 3.8) is 0 Å². The fourth-order valence-electron chi connectivity index (χ4n) is 4.15. The third kappa shape index (κ3) is 10.1. The third-order valence-corrected chi connectivity index (χ3v) is 6.19. The van der Waals surface area contributed by atoms with E-state index < -0.39 is 47.5 Å². The Balaban J connectivity index is 2.96. The molecule has 0 aromatic carbocycles. The number of unbranched alkanes of at least 4 members (excludes halogenated alkanes) is 6. The summed E-state index contributed by atoms with van der Waals surface area (Å²) in [6, 6.07) is 0. The van der Waals surface area contributed by atoms with Crippen molar-refractivity contribution in [2.75, 3.05) is 19.8 Å². The summed E-state index contributed by atoms with van der Waals surface area (Å²) in [5.74, 6) is -6.95. The van der Waals surface area contributed by atoms with Gasteiger partial charge in [0.25, 0.3) is 0 Å². The Morgan fingerprint density at radius 2 is 0.879 bits per heavy atom. The van der Waals surface area contributed by atoms with Gasteiger partial charge in [-0.1, -0.05) is 59.3 Å². The Morgan fingerprint density at radius 1 is 0.576 bits per heavy atom. The second-order valence-corrected chi connectivity index (χ2v) is 8.86. The van der Waals surface area contributed by atoms with Crippen LogP contribution in [0.3, 0.4) is 0 Å². The minimum absolute atomic E-state index is 0.0923. The Labute approximate surface area is 197 Å². The zero-order valence-corrected chi connectivity index (χ0v) is 20.5. The first kappa shape index (κ1) is 28.9. The van der Waals surface area contributed by atoms with Gasteiger partial charge in [0.15, 0.2) is 0 Å². The molecule has 0 aromatic rings. The predicted molar refractivity (Wildman–Crippen MR) is 122 cm³/mol. The van der Waals surface area contributed by atoms with E-state index in [1.54, 1.807) is 0 Å². The molecular weight excluding hydrogens is 428 g/mol. The summed E-state index contributed by atoms with van der Waals surface area (Å²) in [7, 11) is 0. The fourth-order valence-corrected chi connectivity index (χ4v) is 4.15. The van der Waals surface area contributed by atoms with E-state index in [-0.39, 0.29) is 32.7 Å². The van der Waals surface area contributed by atoms with Crippen LogP contribution in [0.4, 0.5) is 0 Å². The number of esters is 3. The van der Waals surface area contributed by atoms with Crippen molar-refractivity contribution < 1.29 is 38.5 Å². The molecule has 8 nitrogen and oxygen atoms in total. The Kier molecular flexibility index (Phi) is 14.4. The van der Waals surface area contributed by atoms with Crippen molar-refractivity contribution in [1.82, 2.24) is 0 Å². The van der Waals surface area contributed by atoms with Crippen molar-refractivity contribution in [3.05, 3.63) is 0 Å². The zero-order valence-electron chi connectivity index (χ0n) is 20.5. The van der Waals surface area contributed by atoms with Gasteiger partial charge >= 0.3 is 23.9 Å². The monoisotopic (exact) mass is 470 g/mol. The van der Waals surface area contributed by atoms with Crippen LogP contribution in [0.25, 0.3) is 0 Å². The summed E-state index contributed by atoms with van der Waals surface area (Å²) in [4.78, 5) is 50.3.